The van der Waals surface area contributed by atoms with Crippen molar-refractivity contribution in [3.05, 3.63) is 17.3 Å². The quantitative estimate of drug-likeness (QED) is 0.934. The minimum absolute atomic E-state index is 0.0760. The van der Waals surface area contributed by atoms with Gasteiger partial charge in [-0.25, -0.2) is 9.97 Å². The standard InChI is InChI=1S/C13H20ClN5/c1-13(2,7-18(3)4)8-19-11-10(17-12(19)15)5-9(14)6-16-11/h5-6H,7-8H2,1-4H3,(H2,15,17). The maximum absolute atomic E-state index is 6.00. The third-order valence-electron chi connectivity index (χ3n) is 2.91. The summed E-state index contributed by atoms with van der Waals surface area (Å²) >= 11 is 5.92. The van der Waals surface area contributed by atoms with Crippen LogP contribution in [0.15, 0.2) is 12.3 Å². The molecule has 0 aliphatic carbocycles. The van der Waals surface area contributed by atoms with Crippen LogP contribution in [-0.4, -0.2) is 40.1 Å². The molecular weight excluding hydrogens is 262 g/mol. The van der Waals surface area contributed by atoms with Gasteiger partial charge in [-0.1, -0.05) is 25.4 Å². The monoisotopic (exact) mass is 281 g/mol. The first-order valence-corrected chi connectivity index (χ1v) is 6.58. The largest absolute Gasteiger partial charge is 0.369 e. The van der Waals surface area contributed by atoms with Gasteiger partial charge in [-0.3, -0.25) is 4.57 Å². The van der Waals surface area contributed by atoms with Crippen LogP contribution >= 0.6 is 11.6 Å². The van der Waals surface area contributed by atoms with E-state index in [1.165, 1.54) is 0 Å². The van der Waals surface area contributed by atoms with Crippen molar-refractivity contribution in [2.24, 2.45) is 5.41 Å². The number of aromatic nitrogens is 3. The first-order chi connectivity index (χ1) is 8.78. The zero-order valence-corrected chi connectivity index (χ0v) is 12.6. The molecule has 0 amide bonds. The Morgan fingerprint density at radius 3 is 2.74 bits per heavy atom. The highest BCUT2D eigenvalue weighted by atomic mass is 35.5. The Hall–Kier alpha value is -1.33. The van der Waals surface area contributed by atoms with E-state index in [0.717, 1.165) is 24.3 Å². The fraction of sp³-hybridized carbons (Fsp3) is 0.538. The fourth-order valence-corrected chi connectivity index (χ4v) is 2.65. The Labute approximate surface area is 118 Å². The molecule has 0 radical (unpaired) electrons. The van der Waals surface area contributed by atoms with Crippen LogP contribution in [0.25, 0.3) is 11.2 Å². The van der Waals surface area contributed by atoms with E-state index in [1.807, 2.05) is 4.57 Å². The number of rotatable bonds is 4. The summed E-state index contributed by atoms with van der Waals surface area (Å²) in [5, 5.41) is 0.574. The molecule has 0 unspecified atom stereocenters. The first-order valence-electron chi connectivity index (χ1n) is 6.20. The summed E-state index contributed by atoms with van der Waals surface area (Å²) < 4.78 is 1.95. The molecule has 0 aliphatic heterocycles. The minimum atomic E-state index is 0.0760. The van der Waals surface area contributed by atoms with Gasteiger partial charge in [-0.2, -0.15) is 0 Å². The number of hydrogen-bond acceptors (Lipinski definition) is 4. The average Bonchev–Trinajstić information content (AvgIpc) is 2.52. The Bertz CT molecular complexity index is 588. The van der Waals surface area contributed by atoms with Crippen LogP contribution in [0.4, 0.5) is 5.95 Å². The topological polar surface area (TPSA) is 60.0 Å². The molecule has 0 bridgehead atoms. The van der Waals surface area contributed by atoms with E-state index in [2.05, 4.69) is 42.8 Å². The maximum Gasteiger partial charge on any atom is 0.202 e. The van der Waals surface area contributed by atoms with Crippen LogP contribution in [0.2, 0.25) is 5.02 Å². The Morgan fingerprint density at radius 2 is 2.11 bits per heavy atom. The first kappa shape index (κ1) is 14.1. The van der Waals surface area contributed by atoms with E-state index in [4.69, 9.17) is 17.3 Å². The van der Waals surface area contributed by atoms with E-state index in [9.17, 15) is 0 Å². The van der Waals surface area contributed by atoms with Crippen molar-refractivity contribution in [1.29, 1.82) is 0 Å². The molecule has 0 aromatic carbocycles. The van der Waals surface area contributed by atoms with Crippen LogP contribution in [-0.2, 0) is 6.54 Å². The number of nitrogens with zero attached hydrogens (tertiary/aromatic N) is 4. The summed E-state index contributed by atoms with van der Waals surface area (Å²) in [6.07, 6.45) is 1.63. The smallest absolute Gasteiger partial charge is 0.202 e. The predicted octanol–water partition coefficient (Wildman–Crippen LogP) is 2.25. The minimum Gasteiger partial charge on any atom is -0.369 e. The lowest BCUT2D eigenvalue weighted by Crippen LogP contribution is -2.32. The van der Waals surface area contributed by atoms with E-state index < -0.39 is 0 Å². The van der Waals surface area contributed by atoms with Crippen molar-refractivity contribution in [3.63, 3.8) is 0 Å². The second-order valence-corrected chi connectivity index (χ2v) is 6.39. The molecule has 19 heavy (non-hydrogen) atoms. The zero-order chi connectivity index (χ0) is 14.2. The molecule has 2 rings (SSSR count). The van der Waals surface area contributed by atoms with Gasteiger partial charge in [0.2, 0.25) is 5.95 Å². The predicted molar refractivity (Wildman–Crippen MR) is 79.3 cm³/mol. The van der Waals surface area contributed by atoms with Crippen molar-refractivity contribution in [2.75, 3.05) is 26.4 Å². The molecule has 5 nitrogen and oxygen atoms in total. The average molecular weight is 282 g/mol. The lowest BCUT2D eigenvalue weighted by Gasteiger charge is -2.29. The van der Waals surface area contributed by atoms with E-state index >= 15 is 0 Å². The summed E-state index contributed by atoms with van der Waals surface area (Å²) in [5.74, 6) is 0.483. The highest BCUT2D eigenvalue weighted by Gasteiger charge is 2.22. The van der Waals surface area contributed by atoms with Crippen molar-refractivity contribution < 1.29 is 0 Å². The molecule has 2 aromatic heterocycles. The van der Waals surface area contributed by atoms with E-state index in [-0.39, 0.29) is 5.41 Å². The van der Waals surface area contributed by atoms with Crippen LogP contribution in [0.3, 0.4) is 0 Å². The number of nitrogens with two attached hydrogens (primary N) is 1. The summed E-state index contributed by atoms with van der Waals surface area (Å²) in [6, 6.07) is 1.79. The summed E-state index contributed by atoms with van der Waals surface area (Å²) in [4.78, 5) is 10.8. The number of fused-ring (bicyclic) bond motifs is 1. The molecule has 0 fully saturated rings. The summed E-state index contributed by atoms with van der Waals surface area (Å²) in [5.41, 5.74) is 7.60. The molecule has 0 spiro atoms. The van der Waals surface area contributed by atoms with Crippen LogP contribution in [0.1, 0.15) is 13.8 Å². The van der Waals surface area contributed by atoms with E-state index in [1.54, 1.807) is 12.3 Å². The van der Waals surface area contributed by atoms with Gasteiger partial charge in [0.1, 0.15) is 5.52 Å². The summed E-state index contributed by atoms with van der Waals surface area (Å²) in [7, 11) is 4.13. The number of nitrogen functional groups attached to an aromatic ring is 1. The summed E-state index contributed by atoms with van der Waals surface area (Å²) in [6.45, 7) is 6.13. The third-order valence-corrected chi connectivity index (χ3v) is 3.12. The van der Waals surface area contributed by atoms with Crippen molar-refractivity contribution in [3.8, 4) is 0 Å². The normalized spacial score (nSPS) is 12.5. The molecule has 6 heteroatoms. The molecule has 0 aliphatic rings. The van der Waals surface area contributed by atoms with E-state index in [0.29, 0.717) is 11.0 Å². The zero-order valence-electron chi connectivity index (χ0n) is 11.8. The van der Waals surface area contributed by atoms with Gasteiger partial charge in [0.25, 0.3) is 0 Å². The molecule has 2 aromatic rings. The second-order valence-electron chi connectivity index (χ2n) is 5.95. The van der Waals surface area contributed by atoms with Gasteiger partial charge in [0.05, 0.1) is 5.02 Å². The molecule has 0 atom stereocenters. The lowest BCUT2D eigenvalue weighted by molar-refractivity contribution is 0.214. The van der Waals surface area contributed by atoms with Gasteiger partial charge in [0, 0.05) is 19.3 Å². The number of anilines is 1. The maximum atomic E-state index is 6.00. The molecule has 0 saturated carbocycles. The number of halogens is 1. The third kappa shape index (κ3) is 3.16. The fourth-order valence-electron chi connectivity index (χ4n) is 2.49. The van der Waals surface area contributed by atoms with Crippen molar-refractivity contribution in [2.45, 2.75) is 20.4 Å². The second kappa shape index (κ2) is 4.98. The van der Waals surface area contributed by atoms with Crippen LogP contribution < -0.4 is 5.73 Å². The van der Waals surface area contributed by atoms with Gasteiger partial charge >= 0.3 is 0 Å². The molecular formula is C13H20ClN5. The molecule has 0 saturated heterocycles. The molecule has 2 heterocycles. The highest BCUT2D eigenvalue weighted by molar-refractivity contribution is 6.31. The molecule has 2 N–H and O–H groups in total. The van der Waals surface area contributed by atoms with Gasteiger partial charge in [-0.15, -0.1) is 0 Å². The lowest BCUT2D eigenvalue weighted by atomic mass is 9.93. The highest BCUT2D eigenvalue weighted by Crippen LogP contribution is 2.25. The number of pyridine rings is 1. The Morgan fingerprint density at radius 1 is 1.42 bits per heavy atom. The van der Waals surface area contributed by atoms with Gasteiger partial charge in [-0.05, 0) is 25.6 Å². The Balaban J connectivity index is 2.37. The SMILES string of the molecule is CN(C)CC(C)(C)Cn1c(N)nc2cc(Cl)cnc21. The molecule has 104 valence electrons. The van der Waals surface area contributed by atoms with Gasteiger partial charge in [0.15, 0.2) is 5.65 Å². The number of imidazole rings is 1. The van der Waals surface area contributed by atoms with Gasteiger partial charge < -0.3 is 10.6 Å². The van der Waals surface area contributed by atoms with Crippen molar-refractivity contribution in [1.82, 2.24) is 19.4 Å². The number of hydrogen-bond donors (Lipinski definition) is 1. The Kier molecular flexibility index (Phi) is 3.69. The van der Waals surface area contributed by atoms with Crippen molar-refractivity contribution >= 4 is 28.7 Å². The van der Waals surface area contributed by atoms with Crippen LogP contribution in [0, 0.1) is 5.41 Å². The van der Waals surface area contributed by atoms with Crippen LogP contribution in [0.5, 0.6) is 0 Å².